The molecule has 0 radical (unpaired) electrons. The molecule has 24 heavy (non-hydrogen) atoms. The van der Waals surface area contributed by atoms with Crippen molar-refractivity contribution >= 4 is 39.1 Å². The third kappa shape index (κ3) is 3.51. The van der Waals surface area contributed by atoms with Gasteiger partial charge in [0.15, 0.2) is 0 Å². The summed E-state index contributed by atoms with van der Waals surface area (Å²) >= 11 is 3.36. The topological polar surface area (TPSA) is 49.4 Å². The van der Waals surface area contributed by atoms with E-state index in [1.54, 1.807) is 12.1 Å². The highest BCUT2D eigenvalue weighted by atomic mass is 79.9. The highest BCUT2D eigenvalue weighted by molar-refractivity contribution is 9.10. The smallest absolute Gasteiger partial charge is 0.255 e. The lowest BCUT2D eigenvalue weighted by Gasteiger charge is -2.29. The van der Waals surface area contributed by atoms with Crippen LogP contribution in [-0.4, -0.2) is 18.4 Å². The number of rotatable bonds is 3. The quantitative estimate of drug-likeness (QED) is 0.849. The number of benzene rings is 2. The van der Waals surface area contributed by atoms with Crippen molar-refractivity contribution in [2.75, 3.05) is 16.8 Å². The molecule has 0 spiro atoms. The van der Waals surface area contributed by atoms with Gasteiger partial charge in [0.2, 0.25) is 5.91 Å². The molecule has 1 aliphatic rings. The van der Waals surface area contributed by atoms with E-state index in [1.165, 1.54) is 0 Å². The molecule has 0 bridgehead atoms. The minimum Gasteiger partial charge on any atom is -0.322 e. The molecule has 0 fully saturated rings. The summed E-state index contributed by atoms with van der Waals surface area (Å²) in [5, 5.41) is 2.93. The van der Waals surface area contributed by atoms with E-state index in [1.807, 2.05) is 42.2 Å². The number of hydrogen-bond donors (Lipinski definition) is 1. The average molecular weight is 387 g/mol. The van der Waals surface area contributed by atoms with Crippen LogP contribution >= 0.6 is 15.9 Å². The van der Waals surface area contributed by atoms with Crippen molar-refractivity contribution in [3.05, 3.63) is 58.1 Å². The standard InChI is InChI=1S/C19H19BrN2O2/c1-2-18(23)22-11-3-4-14-12-16(9-10-17(14)22)21-19(24)13-5-7-15(20)8-6-13/h5-10,12H,2-4,11H2,1H3,(H,21,24). The molecule has 1 N–H and O–H groups in total. The molecule has 0 atom stereocenters. The van der Waals surface area contributed by atoms with E-state index in [-0.39, 0.29) is 11.8 Å². The Morgan fingerprint density at radius 2 is 1.92 bits per heavy atom. The largest absolute Gasteiger partial charge is 0.322 e. The molecule has 5 heteroatoms. The molecule has 124 valence electrons. The zero-order valence-electron chi connectivity index (χ0n) is 13.5. The van der Waals surface area contributed by atoms with E-state index in [0.29, 0.717) is 12.0 Å². The van der Waals surface area contributed by atoms with Crippen molar-refractivity contribution in [3.8, 4) is 0 Å². The lowest BCUT2D eigenvalue weighted by atomic mass is 10.0. The predicted molar refractivity (Wildman–Crippen MR) is 99.5 cm³/mol. The molecule has 2 aromatic rings. The van der Waals surface area contributed by atoms with Crippen molar-refractivity contribution in [3.63, 3.8) is 0 Å². The summed E-state index contributed by atoms with van der Waals surface area (Å²) in [6.07, 6.45) is 2.37. The zero-order chi connectivity index (χ0) is 17.1. The van der Waals surface area contributed by atoms with Gasteiger partial charge in [0.1, 0.15) is 0 Å². The number of amides is 2. The predicted octanol–water partition coefficient (Wildman–Crippen LogP) is 4.39. The van der Waals surface area contributed by atoms with Crippen LogP contribution in [0.5, 0.6) is 0 Å². The molecule has 0 saturated heterocycles. The molecule has 1 aliphatic heterocycles. The molecular formula is C19H19BrN2O2. The number of carbonyl (C=O) groups is 2. The van der Waals surface area contributed by atoms with Gasteiger partial charge in [-0.3, -0.25) is 9.59 Å². The summed E-state index contributed by atoms with van der Waals surface area (Å²) in [5.41, 5.74) is 3.44. The van der Waals surface area contributed by atoms with Crippen molar-refractivity contribution < 1.29 is 9.59 Å². The first-order valence-corrected chi connectivity index (χ1v) is 8.88. The Morgan fingerprint density at radius 1 is 1.17 bits per heavy atom. The fraction of sp³-hybridized carbons (Fsp3) is 0.263. The van der Waals surface area contributed by atoms with Crippen molar-refractivity contribution in [1.82, 2.24) is 0 Å². The van der Waals surface area contributed by atoms with Crippen LogP contribution in [0.15, 0.2) is 46.9 Å². The second-order valence-electron chi connectivity index (χ2n) is 5.81. The Balaban J connectivity index is 1.80. The minimum atomic E-state index is -0.139. The van der Waals surface area contributed by atoms with Gasteiger partial charge in [-0.25, -0.2) is 0 Å². The van der Waals surface area contributed by atoms with Crippen LogP contribution in [0, 0.1) is 0 Å². The molecule has 2 amide bonds. The summed E-state index contributed by atoms with van der Waals surface area (Å²) < 4.78 is 0.938. The molecule has 0 unspecified atom stereocenters. The van der Waals surface area contributed by atoms with Gasteiger partial charge in [0.05, 0.1) is 0 Å². The maximum absolute atomic E-state index is 12.3. The fourth-order valence-corrected chi connectivity index (χ4v) is 3.19. The molecule has 3 rings (SSSR count). The Bertz CT molecular complexity index is 771. The fourth-order valence-electron chi connectivity index (χ4n) is 2.93. The van der Waals surface area contributed by atoms with Gasteiger partial charge in [-0.05, 0) is 60.9 Å². The molecule has 0 aromatic heterocycles. The second kappa shape index (κ2) is 7.18. The van der Waals surface area contributed by atoms with Gasteiger partial charge >= 0.3 is 0 Å². The lowest BCUT2D eigenvalue weighted by molar-refractivity contribution is -0.118. The summed E-state index contributed by atoms with van der Waals surface area (Å²) in [6.45, 7) is 2.65. The monoisotopic (exact) mass is 386 g/mol. The third-order valence-electron chi connectivity index (χ3n) is 4.17. The van der Waals surface area contributed by atoms with Crippen LogP contribution in [0.4, 0.5) is 11.4 Å². The van der Waals surface area contributed by atoms with Crippen LogP contribution in [-0.2, 0) is 11.2 Å². The molecule has 2 aromatic carbocycles. The van der Waals surface area contributed by atoms with Gasteiger partial charge in [-0.1, -0.05) is 22.9 Å². The van der Waals surface area contributed by atoms with Gasteiger partial charge < -0.3 is 10.2 Å². The van der Waals surface area contributed by atoms with E-state index in [2.05, 4.69) is 21.2 Å². The van der Waals surface area contributed by atoms with Gasteiger partial charge in [-0.15, -0.1) is 0 Å². The van der Waals surface area contributed by atoms with E-state index >= 15 is 0 Å². The van der Waals surface area contributed by atoms with Crippen LogP contribution in [0.25, 0.3) is 0 Å². The summed E-state index contributed by atoms with van der Waals surface area (Å²) in [7, 11) is 0. The highest BCUT2D eigenvalue weighted by Gasteiger charge is 2.21. The molecule has 0 saturated carbocycles. The van der Waals surface area contributed by atoms with Crippen molar-refractivity contribution in [2.24, 2.45) is 0 Å². The summed E-state index contributed by atoms with van der Waals surface area (Å²) in [6, 6.07) is 13.0. The average Bonchev–Trinajstić information content (AvgIpc) is 2.60. The van der Waals surface area contributed by atoms with Crippen LogP contribution < -0.4 is 10.2 Å². The molecule has 0 aliphatic carbocycles. The highest BCUT2D eigenvalue weighted by Crippen LogP contribution is 2.30. The minimum absolute atomic E-state index is 0.139. The van der Waals surface area contributed by atoms with Gasteiger partial charge in [-0.2, -0.15) is 0 Å². The second-order valence-corrected chi connectivity index (χ2v) is 6.72. The number of nitrogens with one attached hydrogen (secondary N) is 1. The number of nitrogens with zero attached hydrogens (tertiary/aromatic N) is 1. The van der Waals surface area contributed by atoms with E-state index in [9.17, 15) is 9.59 Å². The van der Waals surface area contributed by atoms with Crippen LogP contribution in [0.1, 0.15) is 35.7 Å². The Kier molecular flexibility index (Phi) is 5.00. The van der Waals surface area contributed by atoms with Gasteiger partial charge in [0.25, 0.3) is 5.91 Å². The number of fused-ring (bicyclic) bond motifs is 1. The first-order chi connectivity index (χ1) is 11.6. The number of carbonyl (C=O) groups excluding carboxylic acids is 2. The first-order valence-electron chi connectivity index (χ1n) is 8.08. The van der Waals surface area contributed by atoms with Crippen LogP contribution in [0.2, 0.25) is 0 Å². The molecule has 1 heterocycles. The van der Waals surface area contributed by atoms with Gasteiger partial charge in [0, 0.05) is 34.4 Å². The SMILES string of the molecule is CCC(=O)N1CCCc2cc(NC(=O)c3ccc(Br)cc3)ccc21. The van der Waals surface area contributed by atoms with E-state index in [0.717, 1.165) is 40.8 Å². The molecular weight excluding hydrogens is 368 g/mol. The maximum atomic E-state index is 12.3. The normalized spacial score (nSPS) is 13.3. The first kappa shape index (κ1) is 16.7. The number of aryl methyl sites for hydroxylation is 1. The number of halogens is 1. The third-order valence-corrected chi connectivity index (χ3v) is 4.69. The Hall–Kier alpha value is -2.14. The number of anilines is 2. The maximum Gasteiger partial charge on any atom is 0.255 e. The lowest BCUT2D eigenvalue weighted by Crippen LogP contribution is -2.34. The summed E-state index contributed by atoms with van der Waals surface area (Å²) in [5.74, 6) is 0.00217. The Labute approximate surface area is 150 Å². The number of hydrogen-bond acceptors (Lipinski definition) is 2. The van der Waals surface area contributed by atoms with E-state index < -0.39 is 0 Å². The Morgan fingerprint density at radius 3 is 2.62 bits per heavy atom. The van der Waals surface area contributed by atoms with E-state index in [4.69, 9.17) is 0 Å². The van der Waals surface area contributed by atoms with Crippen molar-refractivity contribution in [1.29, 1.82) is 0 Å². The van der Waals surface area contributed by atoms with Crippen LogP contribution in [0.3, 0.4) is 0 Å². The zero-order valence-corrected chi connectivity index (χ0v) is 15.1. The van der Waals surface area contributed by atoms with Crippen molar-refractivity contribution in [2.45, 2.75) is 26.2 Å². The molecule has 4 nitrogen and oxygen atoms in total. The summed E-state index contributed by atoms with van der Waals surface area (Å²) in [4.78, 5) is 26.2.